The van der Waals surface area contributed by atoms with Crippen molar-refractivity contribution in [2.75, 3.05) is 6.61 Å². The zero-order chi connectivity index (χ0) is 13.6. The molecule has 0 amide bonds. The Morgan fingerprint density at radius 3 is 1.83 bits per heavy atom. The molecule has 3 heteroatoms. The van der Waals surface area contributed by atoms with Crippen LogP contribution >= 0.6 is 0 Å². The Morgan fingerprint density at radius 2 is 1.28 bits per heavy atom. The van der Waals surface area contributed by atoms with Crippen LogP contribution in [0.3, 0.4) is 0 Å². The summed E-state index contributed by atoms with van der Waals surface area (Å²) in [7, 11) is 0. The Kier molecular flexibility index (Phi) is 12.8. The molecule has 18 heavy (non-hydrogen) atoms. The highest BCUT2D eigenvalue weighted by Gasteiger charge is 2.14. The van der Waals surface area contributed by atoms with Gasteiger partial charge in [0.1, 0.15) is 0 Å². The first-order valence-corrected chi connectivity index (χ1v) is 7.30. The maximum absolute atomic E-state index is 9.67. The van der Waals surface area contributed by atoms with Gasteiger partial charge in [-0.3, -0.25) is 0 Å². The summed E-state index contributed by atoms with van der Waals surface area (Å²) in [4.78, 5) is 0. The summed E-state index contributed by atoms with van der Waals surface area (Å²) in [5, 5.41) is 27.9. The average molecular weight is 258 g/mol. The minimum absolute atomic E-state index is 0.0779. The number of aliphatic hydroxyl groups excluding tert-OH is 3. The molecule has 0 heterocycles. The summed E-state index contributed by atoms with van der Waals surface area (Å²) in [6, 6.07) is 0. The number of unbranched alkanes of at least 4 members (excludes halogenated alkanes) is 6. The van der Waals surface area contributed by atoms with Crippen molar-refractivity contribution < 1.29 is 15.3 Å². The molecule has 0 aromatic heterocycles. The maximum Gasteiger partial charge on any atom is 0.0800 e. The number of rotatable bonds is 13. The molecule has 2 atom stereocenters. The van der Waals surface area contributed by atoms with E-state index in [9.17, 15) is 10.2 Å². The predicted molar refractivity (Wildman–Crippen MR) is 75.5 cm³/mol. The van der Waals surface area contributed by atoms with Gasteiger partial charge < -0.3 is 15.3 Å². The SMILES string of the molecule is C=CCCCCCCCC[C@@H](O)[C@H](O)CCCO. The summed E-state index contributed by atoms with van der Waals surface area (Å²) in [6.07, 6.45) is 10.5. The van der Waals surface area contributed by atoms with E-state index < -0.39 is 12.2 Å². The monoisotopic (exact) mass is 258 g/mol. The molecule has 3 N–H and O–H groups in total. The third-order valence-corrected chi connectivity index (χ3v) is 3.26. The highest BCUT2D eigenvalue weighted by molar-refractivity contribution is 4.67. The average Bonchev–Trinajstić information content (AvgIpc) is 2.38. The first-order chi connectivity index (χ1) is 8.72. The van der Waals surface area contributed by atoms with Gasteiger partial charge in [0, 0.05) is 6.61 Å². The van der Waals surface area contributed by atoms with Crippen molar-refractivity contribution in [2.24, 2.45) is 0 Å². The Balaban J connectivity index is 3.28. The topological polar surface area (TPSA) is 60.7 Å². The molecule has 0 saturated carbocycles. The molecule has 0 fully saturated rings. The minimum Gasteiger partial charge on any atom is -0.396 e. The summed E-state index contributed by atoms with van der Waals surface area (Å²) < 4.78 is 0. The fourth-order valence-electron chi connectivity index (χ4n) is 2.03. The fourth-order valence-corrected chi connectivity index (χ4v) is 2.03. The summed E-state index contributed by atoms with van der Waals surface area (Å²) >= 11 is 0. The van der Waals surface area contributed by atoms with Crippen LogP contribution in [0.25, 0.3) is 0 Å². The largest absolute Gasteiger partial charge is 0.396 e. The van der Waals surface area contributed by atoms with Gasteiger partial charge in [0.2, 0.25) is 0 Å². The van der Waals surface area contributed by atoms with Crippen LogP contribution in [0.4, 0.5) is 0 Å². The van der Waals surface area contributed by atoms with E-state index in [1.54, 1.807) is 0 Å². The molecule has 0 aliphatic rings. The van der Waals surface area contributed by atoms with Gasteiger partial charge in [-0.05, 0) is 32.1 Å². The molecular formula is C15H30O3. The van der Waals surface area contributed by atoms with Crippen molar-refractivity contribution in [3.8, 4) is 0 Å². The van der Waals surface area contributed by atoms with E-state index in [-0.39, 0.29) is 6.61 Å². The summed E-state index contributed by atoms with van der Waals surface area (Å²) in [6.45, 7) is 3.78. The Hall–Kier alpha value is -0.380. The van der Waals surface area contributed by atoms with Crippen molar-refractivity contribution in [1.29, 1.82) is 0 Å². The lowest BCUT2D eigenvalue weighted by atomic mass is 10.0. The van der Waals surface area contributed by atoms with Gasteiger partial charge in [0.25, 0.3) is 0 Å². The number of hydrogen-bond acceptors (Lipinski definition) is 3. The third kappa shape index (κ3) is 10.8. The smallest absolute Gasteiger partial charge is 0.0800 e. The second-order valence-corrected chi connectivity index (χ2v) is 4.99. The van der Waals surface area contributed by atoms with E-state index in [1.807, 2.05) is 6.08 Å². The van der Waals surface area contributed by atoms with Gasteiger partial charge >= 0.3 is 0 Å². The first kappa shape index (κ1) is 17.6. The van der Waals surface area contributed by atoms with E-state index in [0.29, 0.717) is 19.3 Å². The van der Waals surface area contributed by atoms with E-state index in [0.717, 1.165) is 19.3 Å². The van der Waals surface area contributed by atoms with E-state index in [4.69, 9.17) is 5.11 Å². The van der Waals surface area contributed by atoms with Crippen LogP contribution in [-0.2, 0) is 0 Å². The van der Waals surface area contributed by atoms with Gasteiger partial charge in [-0.1, -0.05) is 38.2 Å². The molecule has 0 aromatic carbocycles. The second-order valence-electron chi connectivity index (χ2n) is 4.99. The maximum atomic E-state index is 9.67. The number of allylic oxidation sites excluding steroid dienone is 1. The first-order valence-electron chi connectivity index (χ1n) is 7.30. The van der Waals surface area contributed by atoms with Crippen LogP contribution in [0.1, 0.15) is 64.2 Å². The zero-order valence-corrected chi connectivity index (χ0v) is 11.6. The Morgan fingerprint density at radius 1 is 0.778 bits per heavy atom. The van der Waals surface area contributed by atoms with Crippen LogP contribution in [0, 0.1) is 0 Å². The van der Waals surface area contributed by atoms with E-state index >= 15 is 0 Å². The van der Waals surface area contributed by atoms with Crippen molar-refractivity contribution >= 4 is 0 Å². The molecule has 0 aliphatic carbocycles. The lowest BCUT2D eigenvalue weighted by molar-refractivity contribution is 0.00523. The van der Waals surface area contributed by atoms with Crippen molar-refractivity contribution in [3.05, 3.63) is 12.7 Å². The second kappa shape index (κ2) is 13.1. The molecule has 0 bridgehead atoms. The molecular weight excluding hydrogens is 228 g/mol. The van der Waals surface area contributed by atoms with Crippen molar-refractivity contribution in [1.82, 2.24) is 0 Å². The molecule has 0 unspecified atom stereocenters. The van der Waals surface area contributed by atoms with Crippen LogP contribution in [0.2, 0.25) is 0 Å². The van der Waals surface area contributed by atoms with Gasteiger partial charge in [0.05, 0.1) is 12.2 Å². The summed E-state index contributed by atoms with van der Waals surface area (Å²) in [5.74, 6) is 0. The van der Waals surface area contributed by atoms with E-state index in [1.165, 1.54) is 25.7 Å². The quantitative estimate of drug-likeness (QED) is 0.352. The van der Waals surface area contributed by atoms with Crippen molar-refractivity contribution in [2.45, 2.75) is 76.4 Å². The molecule has 0 rings (SSSR count). The highest BCUT2D eigenvalue weighted by atomic mass is 16.3. The highest BCUT2D eigenvalue weighted by Crippen LogP contribution is 2.13. The minimum atomic E-state index is -0.676. The van der Waals surface area contributed by atoms with Gasteiger partial charge in [-0.2, -0.15) is 0 Å². The van der Waals surface area contributed by atoms with Gasteiger partial charge in [0.15, 0.2) is 0 Å². The Bertz CT molecular complexity index is 183. The van der Waals surface area contributed by atoms with Crippen LogP contribution in [0.5, 0.6) is 0 Å². The summed E-state index contributed by atoms with van der Waals surface area (Å²) in [5.41, 5.74) is 0. The molecule has 0 spiro atoms. The molecule has 3 nitrogen and oxygen atoms in total. The van der Waals surface area contributed by atoms with Gasteiger partial charge in [-0.25, -0.2) is 0 Å². The number of aliphatic hydroxyl groups is 3. The molecule has 108 valence electrons. The van der Waals surface area contributed by atoms with Crippen LogP contribution < -0.4 is 0 Å². The zero-order valence-electron chi connectivity index (χ0n) is 11.6. The molecule has 0 saturated heterocycles. The van der Waals surface area contributed by atoms with Crippen molar-refractivity contribution in [3.63, 3.8) is 0 Å². The lowest BCUT2D eigenvalue weighted by Gasteiger charge is -2.17. The fraction of sp³-hybridized carbons (Fsp3) is 0.867. The molecule has 0 radical (unpaired) electrons. The normalized spacial score (nSPS) is 14.4. The molecule has 0 aliphatic heterocycles. The molecule has 0 aromatic rings. The van der Waals surface area contributed by atoms with Gasteiger partial charge in [-0.15, -0.1) is 6.58 Å². The lowest BCUT2D eigenvalue weighted by Crippen LogP contribution is -2.25. The third-order valence-electron chi connectivity index (χ3n) is 3.26. The van der Waals surface area contributed by atoms with E-state index in [2.05, 4.69) is 6.58 Å². The number of hydrogen-bond donors (Lipinski definition) is 3. The standard InChI is InChI=1S/C15H30O3/c1-2-3-4-5-6-7-8-9-11-14(17)15(18)12-10-13-16/h2,14-18H,1,3-13H2/t14-,15-/m1/s1. The van der Waals surface area contributed by atoms with Crippen LogP contribution in [-0.4, -0.2) is 34.1 Å². The van der Waals surface area contributed by atoms with Crippen LogP contribution in [0.15, 0.2) is 12.7 Å². The predicted octanol–water partition coefficient (Wildman–Crippen LogP) is 2.79. The Labute approximate surface area is 112 Å².